The molecule has 2 spiro atoms. The van der Waals surface area contributed by atoms with Gasteiger partial charge in [0, 0.05) is 25.8 Å². The summed E-state index contributed by atoms with van der Waals surface area (Å²) >= 11 is 0. The molecule has 0 N–H and O–H groups in total. The van der Waals surface area contributed by atoms with Gasteiger partial charge in [0.05, 0.1) is 18.8 Å². The van der Waals surface area contributed by atoms with Crippen LogP contribution in [0.15, 0.2) is 0 Å². The van der Waals surface area contributed by atoms with E-state index in [1.807, 2.05) is 0 Å². The van der Waals surface area contributed by atoms with Gasteiger partial charge in [0.1, 0.15) is 0 Å². The third kappa shape index (κ3) is 1.23. The van der Waals surface area contributed by atoms with Crippen LogP contribution in [0, 0.1) is 5.92 Å². The standard InChI is InChI=1S/C13H19NO3/c15-11-8-10-2-1-3-12(10)9-13(4-5-14(11)12)16-6-7-17-13/h10H,1-9H2/t10-,12+/m0/s1. The van der Waals surface area contributed by atoms with E-state index < -0.39 is 0 Å². The van der Waals surface area contributed by atoms with Gasteiger partial charge in [0.25, 0.3) is 0 Å². The van der Waals surface area contributed by atoms with Crippen molar-refractivity contribution in [2.45, 2.75) is 49.9 Å². The Balaban J connectivity index is 1.70. The zero-order chi connectivity index (χ0) is 11.5. The lowest BCUT2D eigenvalue weighted by molar-refractivity contribution is -0.212. The lowest BCUT2D eigenvalue weighted by Crippen LogP contribution is -2.58. The quantitative estimate of drug-likeness (QED) is 0.637. The Morgan fingerprint density at radius 2 is 2.06 bits per heavy atom. The molecule has 0 aromatic carbocycles. The molecule has 1 saturated carbocycles. The SMILES string of the molecule is O=C1C[C@@H]2CCC[C@@]23CC2(CCN13)OCCO2. The van der Waals surface area contributed by atoms with Crippen molar-refractivity contribution in [1.82, 2.24) is 4.90 Å². The van der Waals surface area contributed by atoms with Crippen LogP contribution >= 0.6 is 0 Å². The van der Waals surface area contributed by atoms with Crippen molar-refractivity contribution in [3.63, 3.8) is 0 Å². The molecule has 0 aromatic heterocycles. The van der Waals surface area contributed by atoms with E-state index in [-0.39, 0.29) is 11.3 Å². The second-order valence-corrected chi connectivity index (χ2v) is 5.98. The number of rotatable bonds is 0. The Morgan fingerprint density at radius 3 is 2.88 bits per heavy atom. The summed E-state index contributed by atoms with van der Waals surface area (Å²) in [7, 11) is 0. The van der Waals surface area contributed by atoms with Crippen LogP contribution in [0.25, 0.3) is 0 Å². The average molecular weight is 237 g/mol. The molecule has 0 unspecified atom stereocenters. The van der Waals surface area contributed by atoms with Crippen LogP contribution in [0.3, 0.4) is 0 Å². The van der Waals surface area contributed by atoms with E-state index in [9.17, 15) is 4.79 Å². The lowest BCUT2D eigenvalue weighted by atomic mass is 9.78. The molecule has 0 radical (unpaired) electrons. The smallest absolute Gasteiger partial charge is 0.223 e. The predicted octanol–water partition coefficient (Wildman–Crippen LogP) is 1.29. The van der Waals surface area contributed by atoms with E-state index in [4.69, 9.17) is 9.47 Å². The molecule has 4 heteroatoms. The summed E-state index contributed by atoms with van der Waals surface area (Å²) in [5, 5.41) is 0. The zero-order valence-electron chi connectivity index (χ0n) is 10.1. The van der Waals surface area contributed by atoms with Crippen molar-refractivity contribution in [3.05, 3.63) is 0 Å². The molecule has 1 aliphatic carbocycles. The van der Waals surface area contributed by atoms with E-state index in [0.29, 0.717) is 25.0 Å². The minimum Gasteiger partial charge on any atom is -0.347 e. The maximum Gasteiger partial charge on any atom is 0.223 e. The molecule has 3 heterocycles. The second-order valence-electron chi connectivity index (χ2n) is 5.98. The summed E-state index contributed by atoms with van der Waals surface area (Å²) in [6.45, 7) is 2.26. The number of amides is 1. The van der Waals surface area contributed by atoms with Gasteiger partial charge in [-0.1, -0.05) is 6.42 Å². The van der Waals surface area contributed by atoms with Crippen molar-refractivity contribution in [1.29, 1.82) is 0 Å². The summed E-state index contributed by atoms with van der Waals surface area (Å²) in [5.74, 6) is 0.562. The molecular weight excluding hydrogens is 218 g/mol. The highest BCUT2D eigenvalue weighted by atomic mass is 16.7. The second kappa shape index (κ2) is 3.23. The van der Waals surface area contributed by atoms with Crippen molar-refractivity contribution >= 4 is 5.91 Å². The first-order chi connectivity index (χ1) is 8.24. The van der Waals surface area contributed by atoms with Crippen molar-refractivity contribution in [2.75, 3.05) is 19.8 Å². The normalized spacial score (nSPS) is 43.2. The molecule has 94 valence electrons. The van der Waals surface area contributed by atoms with Gasteiger partial charge in [-0.05, 0) is 18.8 Å². The van der Waals surface area contributed by atoms with E-state index >= 15 is 0 Å². The lowest BCUT2D eigenvalue weighted by Gasteiger charge is -2.49. The van der Waals surface area contributed by atoms with Crippen LogP contribution in [-0.2, 0) is 14.3 Å². The number of ether oxygens (including phenoxy) is 2. The first-order valence-electron chi connectivity index (χ1n) is 6.83. The van der Waals surface area contributed by atoms with E-state index in [1.165, 1.54) is 12.8 Å². The molecule has 2 atom stereocenters. The Hall–Kier alpha value is -0.610. The van der Waals surface area contributed by atoms with Crippen LogP contribution in [0.4, 0.5) is 0 Å². The van der Waals surface area contributed by atoms with E-state index in [0.717, 1.165) is 32.2 Å². The third-order valence-corrected chi connectivity index (χ3v) is 5.29. The van der Waals surface area contributed by atoms with Gasteiger partial charge in [-0.25, -0.2) is 0 Å². The highest BCUT2D eigenvalue weighted by Gasteiger charge is 2.61. The molecule has 3 aliphatic heterocycles. The van der Waals surface area contributed by atoms with Gasteiger partial charge >= 0.3 is 0 Å². The topological polar surface area (TPSA) is 38.8 Å². The average Bonchev–Trinajstić information content (AvgIpc) is 2.94. The molecule has 4 aliphatic rings. The molecule has 4 fully saturated rings. The molecular formula is C13H19NO3. The van der Waals surface area contributed by atoms with Crippen LogP contribution in [-0.4, -0.2) is 41.9 Å². The monoisotopic (exact) mass is 237 g/mol. The minimum atomic E-state index is -0.357. The number of carbonyl (C=O) groups is 1. The van der Waals surface area contributed by atoms with Gasteiger partial charge in [0.15, 0.2) is 5.79 Å². The molecule has 17 heavy (non-hydrogen) atoms. The maximum atomic E-state index is 12.1. The Labute approximate surface area is 101 Å². The van der Waals surface area contributed by atoms with Gasteiger partial charge < -0.3 is 14.4 Å². The zero-order valence-corrected chi connectivity index (χ0v) is 10.1. The molecule has 0 bridgehead atoms. The van der Waals surface area contributed by atoms with Gasteiger partial charge in [-0.3, -0.25) is 4.79 Å². The van der Waals surface area contributed by atoms with Crippen molar-refractivity contribution in [3.8, 4) is 0 Å². The molecule has 1 amide bonds. The third-order valence-electron chi connectivity index (χ3n) is 5.29. The highest BCUT2D eigenvalue weighted by Crippen LogP contribution is 2.55. The highest BCUT2D eigenvalue weighted by molar-refractivity contribution is 5.80. The van der Waals surface area contributed by atoms with Crippen LogP contribution in [0.5, 0.6) is 0 Å². The number of hydrogen-bond acceptors (Lipinski definition) is 3. The fourth-order valence-electron chi connectivity index (χ4n) is 4.60. The fourth-order valence-corrected chi connectivity index (χ4v) is 4.60. The number of nitrogens with zero attached hydrogens (tertiary/aromatic N) is 1. The number of hydrogen-bond donors (Lipinski definition) is 0. The molecule has 0 aromatic rings. The Morgan fingerprint density at radius 1 is 1.24 bits per heavy atom. The summed E-state index contributed by atoms with van der Waals surface area (Å²) in [4.78, 5) is 14.2. The van der Waals surface area contributed by atoms with Gasteiger partial charge in [-0.15, -0.1) is 0 Å². The van der Waals surface area contributed by atoms with Crippen LogP contribution in [0.2, 0.25) is 0 Å². The summed E-state index contributed by atoms with van der Waals surface area (Å²) in [6, 6.07) is 0. The predicted molar refractivity (Wildman–Crippen MR) is 60.3 cm³/mol. The summed E-state index contributed by atoms with van der Waals surface area (Å²) < 4.78 is 11.7. The molecule has 3 saturated heterocycles. The molecule has 4 nitrogen and oxygen atoms in total. The summed E-state index contributed by atoms with van der Waals surface area (Å²) in [6.07, 6.45) is 6.14. The number of piperidine rings is 1. The minimum absolute atomic E-state index is 0.0830. The fraction of sp³-hybridized carbons (Fsp3) is 0.923. The first kappa shape index (κ1) is 10.3. The molecule has 4 rings (SSSR count). The maximum absolute atomic E-state index is 12.1. The number of carbonyl (C=O) groups excluding carboxylic acids is 1. The van der Waals surface area contributed by atoms with Crippen molar-refractivity contribution in [2.24, 2.45) is 5.92 Å². The van der Waals surface area contributed by atoms with Gasteiger partial charge in [0.2, 0.25) is 5.91 Å². The van der Waals surface area contributed by atoms with Crippen LogP contribution in [0.1, 0.15) is 38.5 Å². The van der Waals surface area contributed by atoms with E-state index in [1.54, 1.807) is 0 Å². The van der Waals surface area contributed by atoms with E-state index in [2.05, 4.69) is 4.90 Å². The van der Waals surface area contributed by atoms with Gasteiger partial charge in [-0.2, -0.15) is 0 Å². The summed E-state index contributed by atoms with van der Waals surface area (Å²) in [5.41, 5.74) is 0.0830. The first-order valence-corrected chi connectivity index (χ1v) is 6.83. The Bertz CT molecular complexity index is 364. The van der Waals surface area contributed by atoms with Crippen molar-refractivity contribution < 1.29 is 14.3 Å². The largest absolute Gasteiger partial charge is 0.347 e. The Kier molecular flexibility index (Phi) is 1.96. The van der Waals surface area contributed by atoms with Crippen LogP contribution < -0.4 is 0 Å².